The lowest BCUT2D eigenvalue weighted by atomic mass is 9.98. The Morgan fingerprint density at radius 3 is 1.84 bits per heavy atom. The summed E-state index contributed by atoms with van der Waals surface area (Å²) in [6.07, 6.45) is -5.62. The molecule has 0 spiro atoms. The number of nitrogens with one attached hydrogen (secondary N) is 1. The van der Waals surface area contributed by atoms with E-state index in [-0.39, 0.29) is 53.2 Å². The molecule has 0 saturated heterocycles. The molecule has 0 radical (unpaired) electrons. The summed E-state index contributed by atoms with van der Waals surface area (Å²) < 4.78 is 127. The van der Waals surface area contributed by atoms with E-state index < -0.39 is 72.3 Å². The number of nitrogens with zero attached hydrogens (tertiary/aromatic N) is 7. The van der Waals surface area contributed by atoms with Gasteiger partial charge in [0.2, 0.25) is 21.8 Å². The zero-order valence-electron chi connectivity index (χ0n) is 38.9. The number of sulfone groups is 1. The number of tetrazole rings is 1. The minimum atomic E-state index is -5.11. The second kappa shape index (κ2) is 20.4. The Balaban J connectivity index is 1.51. The largest absolute Gasteiger partial charge is 0.497 e. The summed E-state index contributed by atoms with van der Waals surface area (Å²) >= 11 is 0. The SMILES string of the molecule is COc1ccc(CN(Cc2ccc(OC)cc2)S(=O)(=O)c2c(S(=O)(=O)CCNC(=O)OC(C)(C)C)ccc(-c3cccc4c3nc(N)n4CC(F)(F)F)c2-c2nnn(Cc3ccc(OC)cc3)n2)cc1. The lowest BCUT2D eigenvalue weighted by Crippen LogP contribution is -2.35. The minimum absolute atomic E-state index is 0.0117. The molecule has 2 heterocycles. The molecule has 0 aliphatic rings. The number of alkyl halides is 3. The third kappa shape index (κ3) is 11.8. The van der Waals surface area contributed by atoms with Gasteiger partial charge in [0.05, 0.1) is 55.1 Å². The number of methoxy groups -OCH3 is 3. The van der Waals surface area contributed by atoms with Crippen LogP contribution < -0.4 is 25.3 Å². The minimum Gasteiger partial charge on any atom is -0.497 e. The van der Waals surface area contributed by atoms with Gasteiger partial charge in [0.25, 0.3) is 0 Å². The van der Waals surface area contributed by atoms with E-state index in [1.165, 1.54) is 50.4 Å². The van der Waals surface area contributed by atoms with Crippen LogP contribution in [0.15, 0.2) is 113 Å². The van der Waals surface area contributed by atoms with Gasteiger partial charge >= 0.3 is 12.3 Å². The number of hydrogen-bond donors (Lipinski definition) is 2. The van der Waals surface area contributed by atoms with Crippen molar-refractivity contribution in [3.05, 3.63) is 120 Å². The van der Waals surface area contributed by atoms with E-state index in [1.807, 2.05) is 0 Å². The fourth-order valence-electron chi connectivity index (χ4n) is 7.48. The van der Waals surface area contributed by atoms with Gasteiger partial charge in [-0.3, -0.25) is 0 Å². The first-order valence-electron chi connectivity index (χ1n) is 21.4. The van der Waals surface area contributed by atoms with Crippen LogP contribution in [0.2, 0.25) is 0 Å². The average molecular weight is 1010 g/mol. The summed E-state index contributed by atoms with van der Waals surface area (Å²) in [4.78, 5) is 16.7. The quantitative estimate of drug-likeness (QED) is 0.0863. The first-order valence-corrected chi connectivity index (χ1v) is 24.5. The summed E-state index contributed by atoms with van der Waals surface area (Å²) in [5.41, 5.74) is 6.41. The van der Waals surface area contributed by atoms with Crippen LogP contribution in [0.4, 0.5) is 23.9 Å². The monoisotopic (exact) mass is 1010 g/mol. The Hall–Kier alpha value is -7.24. The Morgan fingerprint density at radius 1 is 0.757 bits per heavy atom. The number of benzene rings is 5. The number of carbonyl (C=O) groups excluding carboxylic acids is 1. The third-order valence-corrected chi connectivity index (χ3v) is 14.5. The number of imidazole rings is 1. The first kappa shape index (κ1) is 50.6. The van der Waals surface area contributed by atoms with E-state index in [4.69, 9.17) is 24.7 Å². The van der Waals surface area contributed by atoms with Crippen LogP contribution in [-0.4, -0.2) is 102 Å². The Morgan fingerprint density at radius 2 is 1.31 bits per heavy atom. The summed E-state index contributed by atoms with van der Waals surface area (Å²) in [5, 5.41) is 15.6. The molecule has 18 nitrogen and oxygen atoms in total. The number of nitrogen functional groups attached to an aromatic ring is 1. The molecule has 0 bridgehead atoms. The summed E-state index contributed by atoms with van der Waals surface area (Å²) in [6, 6.07) is 26.8. The Labute approximate surface area is 402 Å². The maximum Gasteiger partial charge on any atom is 0.407 e. The van der Waals surface area contributed by atoms with Crippen molar-refractivity contribution >= 4 is 42.9 Å². The van der Waals surface area contributed by atoms with Crippen LogP contribution in [0.5, 0.6) is 17.2 Å². The summed E-state index contributed by atoms with van der Waals surface area (Å²) in [6.45, 7) is 2.28. The van der Waals surface area contributed by atoms with Crippen LogP contribution in [0, 0.1) is 0 Å². The van der Waals surface area contributed by atoms with E-state index in [0.717, 1.165) is 14.9 Å². The predicted molar refractivity (Wildman–Crippen MR) is 253 cm³/mol. The van der Waals surface area contributed by atoms with Gasteiger partial charge in [0.1, 0.15) is 34.3 Å². The van der Waals surface area contributed by atoms with Gasteiger partial charge in [-0.25, -0.2) is 26.6 Å². The highest BCUT2D eigenvalue weighted by atomic mass is 32.2. The van der Waals surface area contributed by atoms with Crippen molar-refractivity contribution in [2.24, 2.45) is 0 Å². The molecule has 370 valence electrons. The molecule has 7 rings (SSSR count). The van der Waals surface area contributed by atoms with Gasteiger partial charge < -0.3 is 34.6 Å². The maximum absolute atomic E-state index is 16.1. The van der Waals surface area contributed by atoms with Crippen molar-refractivity contribution in [1.29, 1.82) is 0 Å². The fraction of sp³-hybridized carbons (Fsp3) is 0.298. The number of nitrogens with two attached hydrogens (primary N) is 1. The molecule has 5 aromatic carbocycles. The normalized spacial score (nSPS) is 12.3. The molecule has 0 atom stereocenters. The van der Waals surface area contributed by atoms with Crippen molar-refractivity contribution in [3.63, 3.8) is 0 Å². The smallest absolute Gasteiger partial charge is 0.407 e. The number of hydrogen-bond acceptors (Lipinski definition) is 14. The maximum atomic E-state index is 16.1. The van der Waals surface area contributed by atoms with Crippen molar-refractivity contribution < 1.29 is 53.7 Å². The van der Waals surface area contributed by atoms with Crippen molar-refractivity contribution in [1.82, 2.24) is 39.4 Å². The number of alkyl carbamates (subject to hydrolysis) is 1. The molecule has 70 heavy (non-hydrogen) atoms. The molecule has 23 heteroatoms. The number of anilines is 1. The van der Waals surface area contributed by atoms with E-state index in [0.29, 0.717) is 33.9 Å². The number of aromatic nitrogens is 6. The Bertz CT molecular complexity index is 3160. The van der Waals surface area contributed by atoms with Crippen LogP contribution >= 0.6 is 0 Å². The summed E-state index contributed by atoms with van der Waals surface area (Å²) in [5.74, 6) is -0.0908. The molecule has 0 aliphatic carbocycles. The van der Waals surface area contributed by atoms with E-state index in [9.17, 15) is 26.4 Å². The van der Waals surface area contributed by atoms with Gasteiger partial charge in [-0.2, -0.15) is 22.3 Å². The number of carbonyl (C=O) groups is 1. The zero-order valence-corrected chi connectivity index (χ0v) is 40.5. The third-order valence-electron chi connectivity index (χ3n) is 10.7. The number of sulfonamides is 1. The molecule has 0 saturated carbocycles. The average Bonchev–Trinajstić information content (AvgIpc) is 3.90. The van der Waals surface area contributed by atoms with E-state index in [1.54, 1.807) is 93.6 Å². The van der Waals surface area contributed by atoms with Gasteiger partial charge in [-0.1, -0.05) is 54.6 Å². The molecule has 0 unspecified atom stereocenters. The van der Waals surface area contributed by atoms with E-state index >= 15 is 8.42 Å². The van der Waals surface area contributed by atoms with Gasteiger partial charge in [-0.05, 0) is 96.8 Å². The second-order valence-corrected chi connectivity index (χ2v) is 20.8. The van der Waals surface area contributed by atoms with Crippen molar-refractivity contribution in [2.45, 2.75) is 68.5 Å². The molecule has 2 aromatic heterocycles. The highest BCUT2D eigenvalue weighted by Crippen LogP contribution is 2.44. The van der Waals surface area contributed by atoms with E-state index in [2.05, 4.69) is 25.7 Å². The Kier molecular flexibility index (Phi) is 14.7. The number of amides is 1. The van der Waals surface area contributed by atoms with Crippen LogP contribution in [-0.2, 0) is 50.8 Å². The number of rotatable bonds is 18. The zero-order chi connectivity index (χ0) is 50.6. The number of fused-ring (bicyclic) bond motifs is 1. The van der Waals surface area contributed by atoms with Crippen molar-refractivity contribution in [3.8, 4) is 39.8 Å². The summed E-state index contributed by atoms with van der Waals surface area (Å²) in [7, 11) is -5.36. The molecule has 1 amide bonds. The molecular formula is C47H50F3N9O9S2. The van der Waals surface area contributed by atoms with Gasteiger partial charge in [0.15, 0.2) is 9.84 Å². The predicted octanol–water partition coefficient (Wildman–Crippen LogP) is 7.26. The fourth-order valence-corrected chi connectivity index (χ4v) is 11.1. The standard InChI is InChI=1S/C47H50F3N9O9S2/c1-46(2,3)68-45(60)52-24-25-69(61,62)39-23-22-36(37-8-7-9-38-41(37)53-44(51)58(38)29-47(48,49)50)40(43-54-56-59(55-43)28-32-14-20-35(67-6)21-15-32)42(39)70(63,64)57(26-30-10-16-33(65-4)17-11-30)27-31-12-18-34(66-5)19-13-31/h7-23H,24-29H2,1-6H3,(H2,51,53)(H,52,60). The van der Waals surface area contributed by atoms with Crippen LogP contribution in [0.1, 0.15) is 37.5 Å². The topological polar surface area (TPSA) is 225 Å². The number of halogens is 3. The lowest BCUT2D eigenvalue weighted by Gasteiger charge is -2.26. The highest BCUT2D eigenvalue weighted by Gasteiger charge is 2.39. The molecule has 0 fully saturated rings. The van der Waals surface area contributed by atoms with Crippen LogP contribution in [0.3, 0.4) is 0 Å². The molecule has 3 N–H and O–H groups in total. The molecular weight excluding hydrogens is 956 g/mol. The highest BCUT2D eigenvalue weighted by molar-refractivity contribution is 7.93. The molecule has 0 aliphatic heterocycles. The first-order chi connectivity index (χ1) is 33.1. The molecule has 7 aromatic rings. The number of para-hydroxylation sites is 1. The number of ether oxygens (including phenoxy) is 4. The van der Waals surface area contributed by atoms with Crippen LogP contribution in [0.25, 0.3) is 33.5 Å². The second-order valence-electron chi connectivity index (χ2n) is 16.9. The lowest BCUT2D eigenvalue weighted by molar-refractivity contribution is -0.139. The van der Waals surface area contributed by atoms with Gasteiger partial charge in [0, 0.05) is 25.2 Å². The van der Waals surface area contributed by atoms with Gasteiger partial charge in [-0.15, -0.1) is 10.2 Å². The van der Waals surface area contributed by atoms with Crippen molar-refractivity contribution in [2.75, 3.05) is 39.4 Å².